The van der Waals surface area contributed by atoms with Crippen LogP contribution >= 0.6 is 11.6 Å². The van der Waals surface area contributed by atoms with Gasteiger partial charge in [0, 0.05) is 10.6 Å². The van der Waals surface area contributed by atoms with E-state index in [1.165, 1.54) is 0 Å². The molecule has 66 valence electrons. The van der Waals surface area contributed by atoms with Crippen LogP contribution in [0.25, 0.3) is 0 Å². The van der Waals surface area contributed by atoms with Gasteiger partial charge < -0.3 is 10.2 Å². The minimum absolute atomic E-state index is 0.303. The third-order valence-corrected chi connectivity index (χ3v) is 2.02. The number of rotatable bonds is 2. The van der Waals surface area contributed by atoms with Gasteiger partial charge in [-0.05, 0) is 18.6 Å². The highest BCUT2D eigenvalue weighted by atomic mass is 35.5. The van der Waals surface area contributed by atoms with E-state index in [1.807, 2.05) is 13.0 Å². The van der Waals surface area contributed by atoms with E-state index in [4.69, 9.17) is 16.7 Å². The minimum Gasteiger partial charge on any atom is -0.393 e. The van der Waals surface area contributed by atoms with Crippen LogP contribution in [0.5, 0.6) is 0 Å². The van der Waals surface area contributed by atoms with Crippen molar-refractivity contribution >= 4 is 11.6 Å². The Morgan fingerprint density at radius 1 is 1.50 bits per heavy atom. The molecule has 0 aliphatic rings. The molecule has 1 aromatic rings. The maximum Gasteiger partial charge on any atom is 0.103 e. The van der Waals surface area contributed by atoms with Gasteiger partial charge in [0.25, 0.3) is 0 Å². The van der Waals surface area contributed by atoms with Crippen LogP contribution in [0.15, 0.2) is 18.2 Å². The second-order valence-corrected chi connectivity index (χ2v) is 3.13. The average molecular weight is 187 g/mol. The predicted molar refractivity (Wildman–Crippen MR) is 48.2 cm³/mol. The Balaban J connectivity index is 3.01. The third-order valence-electron chi connectivity index (χ3n) is 1.69. The van der Waals surface area contributed by atoms with Gasteiger partial charge in [0.1, 0.15) is 6.10 Å². The van der Waals surface area contributed by atoms with Gasteiger partial charge in [0.15, 0.2) is 0 Å². The topological polar surface area (TPSA) is 40.5 Å². The van der Waals surface area contributed by atoms with Crippen LogP contribution in [0.1, 0.15) is 17.2 Å². The van der Waals surface area contributed by atoms with Crippen molar-refractivity contribution in [3.05, 3.63) is 34.3 Å². The fourth-order valence-corrected chi connectivity index (χ4v) is 1.36. The highest BCUT2D eigenvalue weighted by Gasteiger charge is 2.09. The van der Waals surface area contributed by atoms with Crippen molar-refractivity contribution < 1.29 is 10.2 Å². The number of halogens is 1. The first kappa shape index (κ1) is 9.52. The first-order chi connectivity index (χ1) is 5.65. The summed E-state index contributed by atoms with van der Waals surface area (Å²) in [5.74, 6) is 0. The lowest BCUT2D eigenvalue weighted by atomic mass is 10.1. The van der Waals surface area contributed by atoms with Crippen molar-refractivity contribution in [2.75, 3.05) is 6.61 Å². The van der Waals surface area contributed by atoms with E-state index in [0.717, 1.165) is 5.56 Å². The summed E-state index contributed by atoms with van der Waals surface area (Å²) in [7, 11) is 0. The van der Waals surface area contributed by atoms with Crippen LogP contribution in [0, 0.1) is 6.92 Å². The van der Waals surface area contributed by atoms with E-state index in [2.05, 4.69) is 0 Å². The molecule has 0 aliphatic heterocycles. The summed E-state index contributed by atoms with van der Waals surface area (Å²) in [6.45, 7) is 1.61. The van der Waals surface area contributed by atoms with Gasteiger partial charge in [-0.25, -0.2) is 0 Å². The van der Waals surface area contributed by atoms with Gasteiger partial charge in [-0.2, -0.15) is 0 Å². The summed E-state index contributed by atoms with van der Waals surface area (Å²) in [6.07, 6.45) is -0.877. The molecule has 0 heterocycles. The molecule has 1 aromatic carbocycles. The fourth-order valence-electron chi connectivity index (χ4n) is 1.00. The molecule has 3 heteroatoms. The van der Waals surface area contributed by atoms with Crippen molar-refractivity contribution in [2.45, 2.75) is 13.0 Å². The number of benzene rings is 1. The Morgan fingerprint density at radius 2 is 2.17 bits per heavy atom. The summed E-state index contributed by atoms with van der Waals surface area (Å²) < 4.78 is 0. The van der Waals surface area contributed by atoms with Crippen molar-refractivity contribution in [3.8, 4) is 0 Å². The zero-order chi connectivity index (χ0) is 9.14. The van der Waals surface area contributed by atoms with Crippen LogP contribution in [-0.4, -0.2) is 16.8 Å². The molecular formula is C9H11ClO2. The first-order valence-corrected chi connectivity index (χ1v) is 4.08. The summed E-state index contributed by atoms with van der Waals surface area (Å²) in [4.78, 5) is 0. The van der Waals surface area contributed by atoms with Crippen molar-refractivity contribution in [2.24, 2.45) is 0 Å². The molecule has 0 aliphatic carbocycles. The van der Waals surface area contributed by atoms with Crippen LogP contribution in [0.3, 0.4) is 0 Å². The average Bonchev–Trinajstić information content (AvgIpc) is 2.03. The smallest absolute Gasteiger partial charge is 0.103 e. The molecule has 0 spiro atoms. The Bertz CT molecular complexity index is 273. The summed E-state index contributed by atoms with van der Waals surface area (Å²) in [5.41, 5.74) is 1.61. The number of hydrogen-bond acceptors (Lipinski definition) is 2. The van der Waals surface area contributed by atoms with Crippen molar-refractivity contribution in [1.29, 1.82) is 0 Å². The molecule has 12 heavy (non-hydrogen) atoms. The molecule has 1 rings (SSSR count). The van der Waals surface area contributed by atoms with E-state index in [-0.39, 0.29) is 6.61 Å². The summed E-state index contributed by atoms with van der Waals surface area (Å²) >= 11 is 5.83. The monoisotopic (exact) mass is 186 g/mol. The van der Waals surface area contributed by atoms with Crippen LogP contribution in [-0.2, 0) is 0 Å². The molecule has 0 bridgehead atoms. The highest BCUT2D eigenvalue weighted by molar-refractivity contribution is 6.31. The van der Waals surface area contributed by atoms with E-state index < -0.39 is 6.10 Å². The van der Waals surface area contributed by atoms with Gasteiger partial charge in [0.2, 0.25) is 0 Å². The van der Waals surface area contributed by atoms with E-state index in [0.29, 0.717) is 10.6 Å². The van der Waals surface area contributed by atoms with E-state index in [9.17, 15) is 5.11 Å². The quantitative estimate of drug-likeness (QED) is 0.738. The van der Waals surface area contributed by atoms with Gasteiger partial charge in [-0.1, -0.05) is 23.7 Å². The van der Waals surface area contributed by atoms with Crippen molar-refractivity contribution in [1.82, 2.24) is 0 Å². The Hall–Kier alpha value is -0.570. The first-order valence-electron chi connectivity index (χ1n) is 3.70. The molecule has 0 fully saturated rings. The fraction of sp³-hybridized carbons (Fsp3) is 0.333. The summed E-state index contributed by atoms with van der Waals surface area (Å²) in [6, 6.07) is 5.33. The van der Waals surface area contributed by atoms with Crippen LogP contribution in [0.4, 0.5) is 0 Å². The lowest BCUT2D eigenvalue weighted by Gasteiger charge is -2.09. The van der Waals surface area contributed by atoms with Gasteiger partial charge in [-0.3, -0.25) is 0 Å². The second kappa shape index (κ2) is 3.90. The van der Waals surface area contributed by atoms with Gasteiger partial charge in [-0.15, -0.1) is 0 Å². The Morgan fingerprint density at radius 3 is 2.67 bits per heavy atom. The largest absolute Gasteiger partial charge is 0.393 e. The maximum atomic E-state index is 9.27. The number of aryl methyl sites for hydroxylation is 1. The molecule has 2 nitrogen and oxygen atoms in total. The molecule has 0 amide bonds. The number of aliphatic hydroxyl groups excluding tert-OH is 2. The summed E-state index contributed by atoms with van der Waals surface area (Å²) in [5, 5.41) is 18.4. The van der Waals surface area contributed by atoms with E-state index in [1.54, 1.807) is 12.1 Å². The molecule has 0 aromatic heterocycles. The molecule has 2 N–H and O–H groups in total. The van der Waals surface area contributed by atoms with Gasteiger partial charge >= 0.3 is 0 Å². The molecular weight excluding hydrogens is 176 g/mol. The number of aliphatic hydroxyl groups is 2. The van der Waals surface area contributed by atoms with Crippen LogP contribution < -0.4 is 0 Å². The Kier molecular flexibility index (Phi) is 3.09. The standard InChI is InChI=1S/C9H11ClO2/c1-6-2-3-7(8(10)4-6)9(12)5-11/h2-4,9,11-12H,5H2,1H3. The lowest BCUT2D eigenvalue weighted by molar-refractivity contribution is 0.0957. The third kappa shape index (κ3) is 1.97. The SMILES string of the molecule is Cc1ccc(C(O)CO)c(Cl)c1. The molecule has 1 unspecified atom stereocenters. The molecule has 0 saturated carbocycles. The Labute approximate surface area is 76.4 Å². The van der Waals surface area contributed by atoms with E-state index >= 15 is 0 Å². The van der Waals surface area contributed by atoms with Crippen LogP contribution in [0.2, 0.25) is 5.02 Å². The maximum absolute atomic E-state index is 9.27. The normalized spacial score (nSPS) is 13.0. The lowest BCUT2D eigenvalue weighted by Crippen LogP contribution is -2.02. The molecule has 1 atom stereocenters. The predicted octanol–water partition coefficient (Wildman–Crippen LogP) is 1.67. The second-order valence-electron chi connectivity index (χ2n) is 2.72. The number of hydrogen-bond donors (Lipinski definition) is 2. The zero-order valence-corrected chi connectivity index (χ0v) is 7.54. The minimum atomic E-state index is -0.877. The molecule has 0 radical (unpaired) electrons. The zero-order valence-electron chi connectivity index (χ0n) is 6.79. The van der Waals surface area contributed by atoms with Gasteiger partial charge in [0.05, 0.1) is 6.61 Å². The van der Waals surface area contributed by atoms with Crippen molar-refractivity contribution in [3.63, 3.8) is 0 Å². The molecule has 0 saturated heterocycles. The highest BCUT2D eigenvalue weighted by Crippen LogP contribution is 2.23.